The first-order valence-electron chi connectivity index (χ1n) is 4.97. The topological polar surface area (TPSA) is 12.4 Å². The monoisotopic (exact) mass is 177 g/mol. The van der Waals surface area contributed by atoms with E-state index < -0.39 is 0 Å². The van der Waals surface area contributed by atoms with Crippen LogP contribution in [0.2, 0.25) is 0 Å². The van der Waals surface area contributed by atoms with Gasteiger partial charge < -0.3 is 0 Å². The lowest BCUT2D eigenvalue weighted by Gasteiger charge is -2.31. The molecule has 1 nitrogen and oxygen atoms in total. The lowest BCUT2D eigenvalue weighted by Crippen LogP contribution is -2.27. The van der Waals surface area contributed by atoms with Gasteiger partial charge in [-0.2, -0.15) is 0 Å². The Hall–Kier alpha value is -0.850. The van der Waals surface area contributed by atoms with Gasteiger partial charge in [0.1, 0.15) is 0 Å². The van der Waals surface area contributed by atoms with E-state index in [-0.39, 0.29) is 0 Å². The smallest absolute Gasteiger partial charge is 0.0598 e. The van der Waals surface area contributed by atoms with Gasteiger partial charge in [-0.1, -0.05) is 24.6 Å². The summed E-state index contributed by atoms with van der Waals surface area (Å²) in [5, 5.41) is 0. The zero-order valence-corrected chi connectivity index (χ0v) is 8.83. The van der Waals surface area contributed by atoms with Gasteiger partial charge in [-0.15, -0.1) is 6.58 Å². The number of aliphatic imine (C=N–C) groups is 1. The summed E-state index contributed by atoms with van der Waals surface area (Å²) in [4.78, 5) is 4.48. The minimum absolute atomic E-state index is 0.418. The van der Waals surface area contributed by atoms with E-state index >= 15 is 0 Å². The summed E-state index contributed by atoms with van der Waals surface area (Å²) in [6.07, 6.45) is 7.33. The van der Waals surface area contributed by atoms with Crippen LogP contribution in [0.1, 0.15) is 27.2 Å². The van der Waals surface area contributed by atoms with Crippen molar-refractivity contribution < 1.29 is 0 Å². The minimum Gasteiger partial charge on any atom is -0.294 e. The lowest BCUT2D eigenvalue weighted by atomic mass is 9.77. The Balaban J connectivity index is 2.84. The van der Waals surface area contributed by atoms with E-state index in [1.54, 1.807) is 0 Å². The molecule has 0 aromatic rings. The van der Waals surface area contributed by atoms with E-state index in [2.05, 4.69) is 37.6 Å². The molecule has 0 saturated heterocycles. The van der Waals surface area contributed by atoms with Crippen molar-refractivity contribution in [2.24, 2.45) is 16.8 Å². The molecule has 0 spiro atoms. The maximum Gasteiger partial charge on any atom is 0.0598 e. The third-order valence-corrected chi connectivity index (χ3v) is 3.03. The second-order valence-corrected chi connectivity index (χ2v) is 3.76. The van der Waals surface area contributed by atoms with Gasteiger partial charge in [0.2, 0.25) is 0 Å². The molecule has 0 aromatic heterocycles. The van der Waals surface area contributed by atoms with Crippen molar-refractivity contribution in [2.75, 3.05) is 0 Å². The van der Waals surface area contributed by atoms with Gasteiger partial charge in [-0.05, 0) is 32.4 Å². The summed E-state index contributed by atoms with van der Waals surface area (Å²) >= 11 is 0. The Morgan fingerprint density at radius 3 is 2.85 bits per heavy atom. The van der Waals surface area contributed by atoms with Gasteiger partial charge in [0.25, 0.3) is 0 Å². The zero-order chi connectivity index (χ0) is 9.84. The van der Waals surface area contributed by atoms with E-state index in [9.17, 15) is 0 Å². The van der Waals surface area contributed by atoms with Crippen LogP contribution in [0, 0.1) is 11.8 Å². The molecule has 0 aromatic carbocycles. The van der Waals surface area contributed by atoms with Crippen LogP contribution in [0.4, 0.5) is 0 Å². The molecule has 3 unspecified atom stereocenters. The highest BCUT2D eigenvalue weighted by molar-refractivity contribution is 5.53. The molecule has 0 radical (unpaired) electrons. The molecule has 0 aliphatic heterocycles. The van der Waals surface area contributed by atoms with Gasteiger partial charge >= 0.3 is 0 Å². The molecule has 1 aliphatic carbocycles. The fourth-order valence-corrected chi connectivity index (χ4v) is 2.00. The second-order valence-electron chi connectivity index (χ2n) is 3.76. The third-order valence-electron chi connectivity index (χ3n) is 3.03. The van der Waals surface area contributed by atoms with Crippen LogP contribution in [-0.2, 0) is 0 Å². The van der Waals surface area contributed by atoms with Crippen LogP contribution in [-0.4, -0.2) is 12.3 Å². The molecular formula is C12H19N. The molecule has 0 heterocycles. The average Bonchev–Trinajstić information content (AvgIpc) is 2.12. The van der Waals surface area contributed by atoms with E-state index in [0.717, 1.165) is 6.42 Å². The molecule has 1 rings (SSSR count). The van der Waals surface area contributed by atoms with Crippen molar-refractivity contribution in [3.63, 3.8) is 0 Å². The molecule has 72 valence electrons. The Kier molecular flexibility index (Phi) is 3.47. The standard InChI is InChI=1S/C12H19N/c1-5-11-10(4)9(3)7-8-12(11)13-6-2/h5-7,10-12H,1,8H2,2-4H3. The van der Waals surface area contributed by atoms with Crippen molar-refractivity contribution in [1.29, 1.82) is 0 Å². The lowest BCUT2D eigenvalue weighted by molar-refractivity contribution is 0.384. The van der Waals surface area contributed by atoms with Crippen molar-refractivity contribution in [1.82, 2.24) is 0 Å². The van der Waals surface area contributed by atoms with E-state index in [4.69, 9.17) is 0 Å². The van der Waals surface area contributed by atoms with Crippen LogP contribution < -0.4 is 0 Å². The first-order chi connectivity index (χ1) is 6.20. The van der Waals surface area contributed by atoms with Crippen molar-refractivity contribution in [3.8, 4) is 0 Å². The third kappa shape index (κ3) is 2.09. The largest absolute Gasteiger partial charge is 0.294 e. The SMILES string of the molecule is C=CC1C(N=CC)CC=C(C)C1C. The van der Waals surface area contributed by atoms with E-state index in [0.29, 0.717) is 17.9 Å². The van der Waals surface area contributed by atoms with Crippen molar-refractivity contribution in [3.05, 3.63) is 24.3 Å². The molecule has 0 amide bonds. The Bertz CT molecular complexity index is 238. The molecule has 0 saturated carbocycles. The van der Waals surface area contributed by atoms with Crippen LogP contribution in [0.5, 0.6) is 0 Å². The summed E-state index contributed by atoms with van der Waals surface area (Å²) in [6.45, 7) is 10.3. The van der Waals surface area contributed by atoms with Crippen molar-refractivity contribution in [2.45, 2.75) is 33.2 Å². The number of hydrogen-bond acceptors (Lipinski definition) is 1. The van der Waals surface area contributed by atoms with Gasteiger partial charge in [0.05, 0.1) is 6.04 Å². The summed E-state index contributed by atoms with van der Waals surface area (Å²) < 4.78 is 0. The van der Waals surface area contributed by atoms with Crippen molar-refractivity contribution >= 4 is 6.21 Å². The maximum atomic E-state index is 4.48. The fourth-order valence-electron chi connectivity index (χ4n) is 2.00. The Morgan fingerprint density at radius 1 is 1.62 bits per heavy atom. The van der Waals surface area contributed by atoms with Crippen LogP contribution in [0.25, 0.3) is 0 Å². The summed E-state index contributed by atoms with van der Waals surface area (Å²) in [7, 11) is 0. The molecule has 1 aliphatic rings. The molecular weight excluding hydrogens is 158 g/mol. The van der Waals surface area contributed by atoms with Gasteiger partial charge in [-0.25, -0.2) is 0 Å². The van der Waals surface area contributed by atoms with Crippen LogP contribution >= 0.6 is 0 Å². The molecule has 0 bridgehead atoms. The van der Waals surface area contributed by atoms with Gasteiger partial charge in [-0.3, -0.25) is 4.99 Å². The second kappa shape index (κ2) is 4.40. The number of allylic oxidation sites excluding steroid dienone is 1. The highest BCUT2D eigenvalue weighted by Crippen LogP contribution is 2.32. The predicted octanol–water partition coefficient (Wildman–Crippen LogP) is 3.23. The number of nitrogens with zero attached hydrogens (tertiary/aromatic N) is 1. The first kappa shape index (κ1) is 10.2. The van der Waals surface area contributed by atoms with E-state index in [1.807, 2.05) is 13.1 Å². The summed E-state index contributed by atoms with van der Waals surface area (Å²) in [5.74, 6) is 1.11. The molecule has 1 heteroatoms. The molecule has 13 heavy (non-hydrogen) atoms. The normalized spacial score (nSPS) is 34.7. The first-order valence-corrected chi connectivity index (χ1v) is 4.97. The number of hydrogen-bond donors (Lipinski definition) is 0. The fraction of sp³-hybridized carbons (Fsp3) is 0.583. The predicted molar refractivity (Wildman–Crippen MR) is 59.2 cm³/mol. The summed E-state index contributed by atoms with van der Waals surface area (Å²) in [6, 6.07) is 0.418. The maximum absolute atomic E-state index is 4.48. The average molecular weight is 177 g/mol. The highest BCUT2D eigenvalue weighted by Gasteiger charge is 2.27. The molecule has 0 N–H and O–H groups in total. The van der Waals surface area contributed by atoms with Crippen LogP contribution in [0.15, 0.2) is 29.3 Å². The Labute approximate surface area is 81.3 Å². The van der Waals surface area contributed by atoms with E-state index in [1.165, 1.54) is 5.57 Å². The molecule has 3 atom stereocenters. The highest BCUT2D eigenvalue weighted by atomic mass is 14.8. The minimum atomic E-state index is 0.418. The van der Waals surface area contributed by atoms with Crippen LogP contribution in [0.3, 0.4) is 0 Å². The zero-order valence-electron chi connectivity index (χ0n) is 8.83. The van der Waals surface area contributed by atoms with Gasteiger partial charge in [0.15, 0.2) is 0 Å². The quantitative estimate of drug-likeness (QED) is 0.453. The molecule has 0 fully saturated rings. The Morgan fingerprint density at radius 2 is 2.31 bits per heavy atom. The number of rotatable bonds is 2. The summed E-state index contributed by atoms with van der Waals surface area (Å²) in [5.41, 5.74) is 1.48. The van der Waals surface area contributed by atoms with Gasteiger partial charge in [0, 0.05) is 5.92 Å².